The average Bonchev–Trinajstić information content (AvgIpc) is 3.49. The quantitative estimate of drug-likeness (QED) is 0.410. The van der Waals surface area contributed by atoms with Gasteiger partial charge >= 0.3 is 5.97 Å². The van der Waals surface area contributed by atoms with E-state index in [4.69, 9.17) is 9.15 Å². The summed E-state index contributed by atoms with van der Waals surface area (Å²) >= 11 is 1.35. The van der Waals surface area contributed by atoms with Gasteiger partial charge in [-0.25, -0.2) is 9.78 Å². The van der Waals surface area contributed by atoms with Gasteiger partial charge in [0.2, 0.25) is 5.89 Å². The van der Waals surface area contributed by atoms with Crippen LogP contribution in [0.2, 0.25) is 0 Å². The molecule has 0 saturated heterocycles. The third kappa shape index (κ3) is 4.16. The summed E-state index contributed by atoms with van der Waals surface area (Å²) in [6, 6.07) is 19.9. The summed E-state index contributed by atoms with van der Waals surface area (Å²) in [5.74, 6) is -0.265. The van der Waals surface area contributed by atoms with Crippen LogP contribution in [0.5, 0.6) is 0 Å². The van der Waals surface area contributed by atoms with Gasteiger partial charge in [0, 0.05) is 12.6 Å². The molecule has 0 bridgehead atoms. The van der Waals surface area contributed by atoms with Crippen LogP contribution in [0.4, 0.5) is 5.69 Å². The minimum absolute atomic E-state index is 0.0356. The molecule has 1 amide bonds. The van der Waals surface area contributed by atoms with E-state index in [1.807, 2.05) is 41.8 Å². The van der Waals surface area contributed by atoms with Crippen LogP contribution in [-0.2, 0) is 11.3 Å². The Morgan fingerprint density at radius 2 is 1.80 bits per heavy atom. The van der Waals surface area contributed by atoms with Crippen molar-refractivity contribution in [3.05, 3.63) is 94.5 Å². The molecule has 0 saturated carbocycles. The molecule has 4 rings (SSSR count). The Morgan fingerprint density at radius 3 is 2.57 bits per heavy atom. The Balaban J connectivity index is 1.47. The molecule has 4 aromatic rings. The Labute approximate surface area is 177 Å². The van der Waals surface area contributed by atoms with Crippen molar-refractivity contribution in [2.45, 2.75) is 6.61 Å². The molecular formula is C23H18N2O4S. The normalized spacial score (nSPS) is 10.6. The van der Waals surface area contributed by atoms with Crippen molar-refractivity contribution >= 4 is 28.9 Å². The number of benzene rings is 2. The lowest BCUT2D eigenvalue weighted by Gasteiger charge is -2.19. The van der Waals surface area contributed by atoms with E-state index in [1.54, 1.807) is 37.4 Å². The maximum Gasteiger partial charge on any atom is 0.340 e. The van der Waals surface area contributed by atoms with E-state index in [2.05, 4.69) is 4.98 Å². The van der Waals surface area contributed by atoms with Gasteiger partial charge < -0.3 is 14.1 Å². The van der Waals surface area contributed by atoms with E-state index in [0.717, 1.165) is 5.56 Å². The van der Waals surface area contributed by atoms with Crippen LogP contribution in [0.25, 0.3) is 11.5 Å². The number of esters is 1. The molecule has 0 spiro atoms. The Kier molecular flexibility index (Phi) is 5.72. The maximum atomic E-state index is 12.7. The lowest BCUT2D eigenvalue weighted by Crippen LogP contribution is -2.27. The topological polar surface area (TPSA) is 72.6 Å². The van der Waals surface area contributed by atoms with Gasteiger partial charge in [-0.1, -0.05) is 36.4 Å². The van der Waals surface area contributed by atoms with Crippen molar-refractivity contribution < 1.29 is 18.7 Å². The van der Waals surface area contributed by atoms with Gasteiger partial charge in [-0.05, 0) is 35.7 Å². The molecule has 0 fully saturated rings. The summed E-state index contributed by atoms with van der Waals surface area (Å²) in [4.78, 5) is 31.8. The number of carbonyl (C=O) groups excluding carboxylic acids is 2. The van der Waals surface area contributed by atoms with Crippen LogP contribution >= 0.6 is 11.3 Å². The highest BCUT2D eigenvalue weighted by atomic mass is 32.1. The SMILES string of the molecule is CN(C(=O)c1cccs1)c1ccccc1C(=O)OCc1coc(-c2ccccc2)n1. The zero-order chi connectivity index (χ0) is 20.9. The summed E-state index contributed by atoms with van der Waals surface area (Å²) in [5.41, 5.74) is 2.12. The Bertz CT molecular complexity index is 1150. The summed E-state index contributed by atoms with van der Waals surface area (Å²) in [5, 5.41) is 1.84. The predicted molar refractivity (Wildman–Crippen MR) is 115 cm³/mol. The number of nitrogens with zero attached hydrogens (tertiary/aromatic N) is 2. The molecule has 2 aromatic heterocycles. The van der Waals surface area contributed by atoms with Crippen molar-refractivity contribution in [2.75, 3.05) is 11.9 Å². The number of thiophene rings is 1. The molecule has 2 aromatic carbocycles. The molecule has 0 aliphatic carbocycles. The van der Waals surface area contributed by atoms with Gasteiger partial charge in [0.25, 0.3) is 5.91 Å². The van der Waals surface area contributed by atoms with Gasteiger partial charge in [0.1, 0.15) is 18.6 Å². The molecule has 6 nitrogen and oxygen atoms in total. The average molecular weight is 418 g/mol. The molecule has 0 unspecified atom stereocenters. The van der Waals surface area contributed by atoms with Crippen molar-refractivity contribution in [1.29, 1.82) is 0 Å². The smallest absolute Gasteiger partial charge is 0.340 e. The second-order valence-electron chi connectivity index (χ2n) is 6.44. The van der Waals surface area contributed by atoms with E-state index >= 15 is 0 Å². The fraction of sp³-hybridized carbons (Fsp3) is 0.0870. The molecule has 0 N–H and O–H groups in total. The largest absolute Gasteiger partial charge is 0.455 e. The third-order valence-electron chi connectivity index (χ3n) is 4.45. The van der Waals surface area contributed by atoms with E-state index < -0.39 is 5.97 Å². The van der Waals surface area contributed by atoms with Crippen LogP contribution in [0, 0.1) is 0 Å². The van der Waals surface area contributed by atoms with Crippen LogP contribution in [-0.4, -0.2) is 23.9 Å². The summed E-state index contributed by atoms with van der Waals surface area (Å²) < 4.78 is 10.9. The highest BCUT2D eigenvalue weighted by Gasteiger charge is 2.21. The number of aromatic nitrogens is 1. The fourth-order valence-electron chi connectivity index (χ4n) is 2.92. The highest BCUT2D eigenvalue weighted by Crippen LogP contribution is 2.24. The maximum absolute atomic E-state index is 12.7. The van der Waals surface area contributed by atoms with Gasteiger partial charge in [0.05, 0.1) is 16.1 Å². The second-order valence-corrected chi connectivity index (χ2v) is 7.39. The number of hydrogen-bond donors (Lipinski definition) is 0. The zero-order valence-electron chi connectivity index (χ0n) is 16.1. The monoisotopic (exact) mass is 418 g/mol. The lowest BCUT2D eigenvalue weighted by molar-refractivity contribution is 0.0468. The molecule has 7 heteroatoms. The number of ether oxygens (including phenoxy) is 1. The molecule has 150 valence electrons. The van der Waals surface area contributed by atoms with E-state index in [1.165, 1.54) is 22.5 Å². The van der Waals surface area contributed by atoms with E-state index in [9.17, 15) is 9.59 Å². The van der Waals surface area contributed by atoms with Gasteiger partial charge in [-0.15, -0.1) is 11.3 Å². The standard InChI is InChI=1S/C23H18N2O4S/c1-25(22(26)20-12-7-13-30-20)19-11-6-5-10-18(19)23(27)29-15-17-14-28-21(24-17)16-8-3-2-4-9-16/h2-14H,15H2,1H3. The first-order valence-corrected chi connectivity index (χ1v) is 10.1. The number of para-hydroxylation sites is 1. The van der Waals surface area contributed by atoms with Gasteiger partial charge in [0.15, 0.2) is 0 Å². The molecule has 0 radical (unpaired) electrons. The lowest BCUT2D eigenvalue weighted by atomic mass is 10.1. The summed E-state index contributed by atoms with van der Waals surface area (Å²) in [7, 11) is 1.64. The molecular weight excluding hydrogens is 400 g/mol. The van der Waals surface area contributed by atoms with Gasteiger partial charge in [-0.3, -0.25) is 4.79 Å². The van der Waals surface area contributed by atoms with Crippen LogP contribution in [0.3, 0.4) is 0 Å². The minimum atomic E-state index is -0.541. The first-order valence-electron chi connectivity index (χ1n) is 9.21. The Hall–Kier alpha value is -3.71. The van der Waals surface area contributed by atoms with Gasteiger partial charge in [-0.2, -0.15) is 0 Å². The van der Waals surface area contributed by atoms with Crippen molar-refractivity contribution in [2.24, 2.45) is 0 Å². The van der Waals surface area contributed by atoms with Crippen molar-refractivity contribution in [3.63, 3.8) is 0 Å². The number of anilines is 1. The summed E-state index contributed by atoms with van der Waals surface area (Å²) in [6.45, 7) is -0.0356. The number of hydrogen-bond acceptors (Lipinski definition) is 6. The van der Waals surface area contributed by atoms with Crippen LogP contribution < -0.4 is 4.90 Å². The fourth-order valence-corrected chi connectivity index (χ4v) is 3.62. The molecule has 0 aliphatic rings. The number of oxazole rings is 1. The van der Waals surface area contributed by atoms with Crippen LogP contribution in [0.15, 0.2) is 82.8 Å². The molecule has 2 heterocycles. The first-order chi connectivity index (χ1) is 14.6. The third-order valence-corrected chi connectivity index (χ3v) is 5.30. The molecule has 0 aliphatic heterocycles. The van der Waals surface area contributed by atoms with E-state index in [-0.39, 0.29) is 12.5 Å². The van der Waals surface area contributed by atoms with Crippen LogP contribution in [0.1, 0.15) is 25.7 Å². The molecule has 30 heavy (non-hydrogen) atoms. The van der Waals surface area contributed by atoms with Crippen molar-refractivity contribution in [1.82, 2.24) is 4.98 Å². The minimum Gasteiger partial charge on any atom is -0.455 e. The summed E-state index contributed by atoms with van der Waals surface area (Å²) in [6.07, 6.45) is 1.47. The predicted octanol–water partition coefficient (Wildman–Crippen LogP) is 5.04. The highest BCUT2D eigenvalue weighted by molar-refractivity contribution is 7.12. The number of rotatable bonds is 6. The van der Waals surface area contributed by atoms with Crippen molar-refractivity contribution in [3.8, 4) is 11.5 Å². The zero-order valence-corrected chi connectivity index (χ0v) is 17.0. The number of amides is 1. The Morgan fingerprint density at radius 1 is 1.03 bits per heavy atom. The first kappa shape index (κ1) is 19.6. The second kappa shape index (κ2) is 8.75. The molecule has 0 atom stereocenters. The number of carbonyl (C=O) groups is 2. The van der Waals surface area contributed by atoms with E-state index in [0.29, 0.717) is 27.7 Å².